The number of carbonyl (C=O) groups excluding carboxylic acids is 1. The van der Waals surface area contributed by atoms with Gasteiger partial charge in [0.1, 0.15) is 22.0 Å². The third-order valence-corrected chi connectivity index (χ3v) is 9.76. The van der Waals surface area contributed by atoms with E-state index >= 15 is 0 Å². The summed E-state index contributed by atoms with van der Waals surface area (Å²) in [6.07, 6.45) is 3.54. The van der Waals surface area contributed by atoms with Crippen LogP contribution in [-0.2, 0) is 31.4 Å². The molecule has 3 N–H and O–H groups in total. The van der Waals surface area contributed by atoms with Crippen LogP contribution in [0.25, 0.3) is 0 Å². The number of hydrogen-bond donors (Lipinski definition) is 3. The zero-order valence-corrected chi connectivity index (χ0v) is 21.9. The first-order valence-electron chi connectivity index (χ1n) is 12.1. The maximum absolute atomic E-state index is 14.6. The Morgan fingerprint density at radius 3 is 2.66 bits per heavy atom. The molecule has 0 saturated heterocycles. The third kappa shape index (κ3) is 4.04. The van der Waals surface area contributed by atoms with Gasteiger partial charge in [0.25, 0.3) is 15.9 Å². The van der Waals surface area contributed by atoms with Crippen LogP contribution in [0.15, 0.2) is 63.1 Å². The first-order valence-corrected chi connectivity index (χ1v) is 15.5. The molecule has 38 heavy (non-hydrogen) atoms. The second-order valence-electron chi connectivity index (χ2n) is 10.3. The summed E-state index contributed by atoms with van der Waals surface area (Å²) in [6.45, 7) is -0.0240. The van der Waals surface area contributed by atoms with Crippen molar-refractivity contribution in [1.82, 2.24) is 4.90 Å². The third-order valence-electron chi connectivity index (χ3n) is 7.84. The number of carbonyl (C=O) groups is 1. The molecule has 2 fully saturated rings. The molecular formula is C25H25FN4O6S2. The van der Waals surface area contributed by atoms with E-state index in [0.717, 1.165) is 31.6 Å². The highest BCUT2D eigenvalue weighted by Gasteiger charge is 2.57. The van der Waals surface area contributed by atoms with Gasteiger partial charge < -0.3 is 15.3 Å². The Hall–Kier alpha value is -3.45. The summed E-state index contributed by atoms with van der Waals surface area (Å²) < 4.78 is 70.1. The van der Waals surface area contributed by atoms with E-state index in [0.29, 0.717) is 5.56 Å². The number of anilines is 2. The molecule has 13 heteroatoms. The van der Waals surface area contributed by atoms with Crippen molar-refractivity contribution >= 4 is 43.2 Å². The van der Waals surface area contributed by atoms with Crippen LogP contribution in [0.4, 0.5) is 15.8 Å². The van der Waals surface area contributed by atoms with Crippen LogP contribution in [0, 0.1) is 23.6 Å². The van der Waals surface area contributed by atoms with E-state index in [-0.39, 0.29) is 57.9 Å². The molecule has 200 valence electrons. The Labute approximate surface area is 219 Å². The van der Waals surface area contributed by atoms with Gasteiger partial charge in [0.15, 0.2) is 5.84 Å². The molecule has 0 aromatic heterocycles. The first-order chi connectivity index (χ1) is 17.9. The van der Waals surface area contributed by atoms with Crippen LogP contribution in [0.1, 0.15) is 24.8 Å². The Bertz CT molecular complexity index is 1650. The normalized spacial score (nSPS) is 27.5. The van der Waals surface area contributed by atoms with Gasteiger partial charge in [-0.1, -0.05) is 18.2 Å². The molecule has 10 nitrogen and oxygen atoms in total. The van der Waals surface area contributed by atoms with Gasteiger partial charge in [-0.05, 0) is 55.4 Å². The first kappa shape index (κ1) is 24.9. The Morgan fingerprint density at radius 2 is 1.92 bits per heavy atom. The standard InChI is InChI=1S/C25H25FN4O6S2/c1-37(33,34)28-16-8-9-18-19(11-16)38(35,36)29-24(27-18)21-23(31)20-13-6-7-14(10-13)22(20)30(25(21)32)12-15-4-2-3-5-17(15)26/h2-5,8-9,11,13-14,20,22,28,31H,6-7,10,12H2,1H3,(H,27,29)/t13-,14+,20-,22+/m1/s1. The number of hydrogen-bond acceptors (Lipinski definition) is 7. The zero-order chi connectivity index (χ0) is 27.0. The summed E-state index contributed by atoms with van der Waals surface area (Å²) in [7, 11) is -8.02. The maximum Gasteiger partial charge on any atom is 0.286 e. The van der Waals surface area contributed by atoms with Gasteiger partial charge in [-0.25, -0.2) is 12.8 Å². The monoisotopic (exact) mass is 560 g/mol. The van der Waals surface area contributed by atoms with Crippen molar-refractivity contribution in [2.75, 3.05) is 16.3 Å². The van der Waals surface area contributed by atoms with Crippen LogP contribution in [-0.4, -0.2) is 50.9 Å². The predicted molar refractivity (Wildman–Crippen MR) is 138 cm³/mol. The fourth-order valence-corrected chi connectivity index (χ4v) is 8.11. The highest BCUT2D eigenvalue weighted by atomic mass is 32.2. The van der Waals surface area contributed by atoms with Crippen molar-refractivity contribution in [2.45, 2.75) is 36.7 Å². The van der Waals surface area contributed by atoms with Crippen molar-refractivity contribution in [3.63, 3.8) is 0 Å². The Morgan fingerprint density at radius 1 is 1.18 bits per heavy atom. The molecule has 2 heterocycles. The topological polar surface area (TPSA) is 145 Å². The number of nitrogens with one attached hydrogen (secondary N) is 2. The van der Waals surface area contributed by atoms with Gasteiger partial charge in [-0.15, -0.1) is 4.40 Å². The minimum Gasteiger partial charge on any atom is -0.511 e. The average molecular weight is 561 g/mol. The van der Waals surface area contributed by atoms with E-state index in [4.69, 9.17) is 0 Å². The van der Waals surface area contributed by atoms with Crippen LogP contribution in [0.5, 0.6) is 0 Å². The lowest BCUT2D eigenvalue weighted by Crippen LogP contribution is -2.53. The summed E-state index contributed by atoms with van der Waals surface area (Å²) in [5.41, 5.74) is 0.193. The number of aliphatic hydroxyl groups excluding tert-OH is 1. The smallest absolute Gasteiger partial charge is 0.286 e. The quantitative estimate of drug-likeness (QED) is 0.510. The lowest BCUT2D eigenvalue weighted by Gasteiger charge is -2.44. The number of fused-ring (bicyclic) bond motifs is 6. The van der Waals surface area contributed by atoms with Crippen LogP contribution in [0.3, 0.4) is 0 Å². The van der Waals surface area contributed by atoms with Crippen molar-refractivity contribution in [3.05, 3.63) is 65.2 Å². The van der Waals surface area contributed by atoms with E-state index in [1.165, 1.54) is 18.2 Å². The van der Waals surface area contributed by atoms with Gasteiger partial charge in [0, 0.05) is 29.8 Å². The van der Waals surface area contributed by atoms with E-state index in [2.05, 4.69) is 14.4 Å². The average Bonchev–Trinajstić information content (AvgIpc) is 3.44. The van der Waals surface area contributed by atoms with Crippen LogP contribution < -0.4 is 10.0 Å². The van der Waals surface area contributed by atoms with Gasteiger partial charge in [0.05, 0.1) is 11.9 Å². The van der Waals surface area contributed by atoms with Crippen LogP contribution >= 0.6 is 0 Å². The Kier molecular flexibility index (Phi) is 5.58. The minimum absolute atomic E-state index is 0.0240. The van der Waals surface area contributed by atoms with Crippen molar-refractivity contribution < 1.29 is 31.1 Å². The molecule has 2 saturated carbocycles. The molecule has 0 radical (unpaired) electrons. The maximum atomic E-state index is 14.6. The number of halogens is 1. The highest BCUT2D eigenvalue weighted by Crippen LogP contribution is 2.55. The van der Waals surface area contributed by atoms with Crippen LogP contribution in [0.2, 0.25) is 0 Å². The molecule has 6 rings (SSSR count). The molecule has 2 aliphatic heterocycles. The van der Waals surface area contributed by atoms with E-state index < -0.39 is 37.7 Å². The molecule has 2 bridgehead atoms. The van der Waals surface area contributed by atoms with Gasteiger partial charge in [-0.3, -0.25) is 9.52 Å². The van der Waals surface area contributed by atoms with E-state index in [9.17, 15) is 31.1 Å². The number of sulfonamides is 2. The zero-order valence-electron chi connectivity index (χ0n) is 20.3. The van der Waals surface area contributed by atoms with E-state index in [1.54, 1.807) is 23.1 Å². The molecule has 4 atom stereocenters. The molecule has 0 unspecified atom stereocenters. The second-order valence-corrected chi connectivity index (χ2v) is 13.6. The lowest BCUT2D eigenvalue weighted by atomic mass is 9.77. The number of rotatable bonds is 5. The van der Waals surface area contributed by atoms with E-state index in [1.807, 2.05) is 0 Å². The van der Waals surface area contributed by atoms with Gasteiger partial charge in [0.2, 0.25) is 10.0 Å². The summed E-state index contributed by atoms with van der Waals surface area (Å²) in [5, 5.41) is 14.2. The number of benzene rings is 2. The summed E-state index contributed by atoms with van der Waals surface area (Å²) in [4.78, 5) is 15.2. The second kappa shape index (κ2) is 8.53. The molecule has 2 aliphatic carbocycles. The highest BCUT2D eigenvalue weighted by molar-refractivity contribution is 7.92. The predicted octanol–water partition coefficient (Wildman–Crippen LogP) is 2.98. The summed E-state index contributed by atoms with van der Waals surface area (Å²) in [6, 6.07) is 9.71. The summed E-state index contributed by atoms with van der Waals surface area (Å²) >= 11 is 0. The summed E-state index contributed by atoms with van der Waals surface area (Å²) in [5.74, 6) is -1.71. The minimum atomic E-state index is -4.37. The number of amides is 1. The number of aliphatic hydroxyl groups is 1. The molecule has 4 aliphatic rings. The molecular weight excluding hydrogens is 535 g/mol. The van der Waals surface area contributed by atoms with Gasteiger partial charge >= 0.3 is 0 Å². The number of amidine groups is 1. The SMILES string of the molecule is CS(=O)(=O)Nc1ccc2c(c1)S(=O)(=O)N=C(C1=C(O)[C@@H]3[C@@H]4CC[C@@H](C4)[C@@H]3N(Cc3ccccc3F)C1=O)N2. The lowest BCUT2D eigenvalue weighted by molar-refractivity contribution is -0.134. The van der Waals surface area contributed by atoms with Gasteiger partial charge in [-0.2, -0.15) is 8.42 Å². The molecule has 2 aromatic rings. The Balaban J connectivity index is 1.42. The number of nitrogens with zero attached hydrogens (tertiary/aromatic N) is 2. The molecule has 1 amide bonds. The molecule has 0 spiro atoms. The molecule has 2 aromatic carbocycles. The van der Waals surface area contributed by atoms with Crippen molar-refractivity contribution in [2.24, 2.45) is 22.2 Å². The fourth-order valence-electron chi connectivity index (χ4n) is 6.40. The van der Waals surface area contributed by atoms with Crippen molar-refractivity contribution in [3.8, 4) is 0 Å². The van der Waals surface area contributed by atoms with Crippen molar-refractivity contribution in [1.29, 1.82) is 0 Å². The fraction of sp³-hybridized carbons (Fsp3) is 0.360. The largest absolute Gasteiger partial charge is 0.511 e.